The minimum absolute atomic E-state index is 0.00621. The summed E-state index contributed by atoms with van der Waals surface area (Å²) in [4.78, 5) is 58.2. The van der Waals surface area contributed by atoms with Crippen LogP contribution in [0.25, 0.3) is 22.4 Å². The molecule has 1 amide bonds. The van der Waals surface area contributed by atoms with Crippen LogP contribution in [0.4, 0.5) is 19.0 Å². The smallest absolute Gasteiger partial charge is 0.361 e. The number of anilines is 1. The summed E-state index contributed by atoms with van der Waals surface area (Å²) in [5, 5.41) is 6.39. The van der Waals surface area contributed by atoms with Gasteiger partial charge in [0.1, 0.15) is 17.5 Å². The third kappa shape index (κ3) is 4.83. The lowest BCUT2D eigenvalue weighted by molar-refractivity contribution is -0.145. The van der Waals surface area contributed by atoms with Crippen molar-refractivity contribution in [3.63, 3.8) is 0 Å². The number of fused-ring (bicyclic) bond motifs is 1. The van der Waals surface area contributed by atoms with E-state index in [-0.39, 0.29) is 34.8 Å². The first-order chi connectivity index (χ1) is 18.9. The minimum Gasteiger partial charge on any atom is -0.361 e. The van der Waals surface area contributed by atoms with E-state index in [0.717, 1.165) is 17.0 Å². The molecule has 1 N–H and O–H groups in total. The van der Waals surface area contributed by atoms with Crippen LogP contribution >= 0.6 is 0 Å². The van der Waals surface area contributed by atoms with Gasteiger partial charge in [-0.1, -0.05) is 5.16 Å². The second-order valence-corrected chi connectivity index (χ2v) is 8.73. The standard InChI is InChI=1S/C23H19F3N10O4/c1-11-4-14(33-40-11)9-35-20(38)17-18(34(3)22(35)39)30-10-36(17)12(2)19(37)32-16-8-27-7-15(31-16)13-5-28-21(29-6-13)23(24,25)26/h4-8,10,12H,9H2,1-3H3,(H,31,32,37). The van der Waals surface area contributed by atoms with Crippen LogP contribution in [0.1, 0.15) is 30.2 Å². The normalized spacial score (nSPS) is 12.6. The van der Waals surface area contributed by atoms with Gasteiger partial charge in [0.05, 0.1) is 31.0 Å². The van der Waals surface area contributed by atoms with E-state index in [1.807, 2.05) is 0 Å². The zero-order chi connectivity index (χ0) is 28.8. The fraction of sp³-hybridized carbons (Fsp3) is 0.261. The lowest BCUT2D eigenvalue weighted by atomic mass is 10.2. The molecular formula is C23H19F3N10O4. The lowest BCUT2D eigenvalue weighted by Crippen LogP contribution is -2.40. The number of aryl methyl sites for hydroxylation is 2. The van der Waals surface area contributed by atoms with Gasteiger partial charge in [0, 0.05) is 31.1 Å². The molecule has 206 valence electrons. The average molecular weight is 556 g/mol. The number of amides is 1. The minimum atomic E-state index is -4.70. The van der Waals surface area contributed by atoms with E-state index in [2.05, 4.69) is 35.4 Å². The van der Waals surface area contributed by atoms with Gasteiger partial charge in [0.2, 0.25) is 11.7 Å². The highest BCUT2D eigenvalue weighted by molar-refractivity contribution is 5.93. The molecule has 5 heterocycles. The molecule has 40 heavy (non-hydrogen) atoms. The van der Waals surface area contributed by atoms with Crippen molar-refractivity contribution in [3.8, 4) is 11.3 Å². The number of rotatable bonds is 6. The van der Waals surface area contributed by atoms with Gasteiger partial charge in [0.25, 0.3) is 5.56 Å². The van der Waals surface area contributed by atoms with Crippen molar-refractivity contribution in [1.29, 1.82) is 0 Å². The molecule has 0 bridgehead atoms. The molecule has 0 fully saturated rings. The summed E-state index contributed by atoms with van der Waals surface area (Å²) in [5.41, 5.74) is -0.593. The monoisotopic (exact) mass is 556 g/mol. The number of hydrogen-bond acceptors (Lipinski definition) is 10. The Balaban J connectivity index is 1.43. The molecule has 1 unspecified atom stereocenters. The van der Waals surface area contributed by atoms with Gasteiger partial charge in [-0.05, 0) is 13.8 Å². The first-order valence-corrected chi connectivity index (χ1v) is 11.5. The summed E-state index contributed by atoms with van der Waals surface area (Å²) in [5.74, 6) is -1.41. The molecule has 0 aromatic carbocycles. The number of imidazole rings is 1. The Morgan fingerprint density at radius 2 is 1.85 bits per heavy atom. The van der Waals surface area contributed by atoms with Gasteiger partial charge in [-0.2, -0.15) is 13.2 Å². The predicted molar refractivity (Wildman–Crippen MR) is 131 cm³/mol. The number of alkyl halides is 3. The Bertz CT molecular complexity index is 1850. The summed E-state index contributed by atoms with van der Waals surface area (Å²) in [6, 6.07) is 0.591. The fourth-order valence-electron chi connectivity index (χ4n) is 3.91. The largest absolute Gasteiger partial charge is 0.451 e. The van der Waals surface area contributed by atoms with Crippen molar-refractivity contribution in [3.05, 3.63) is 75.3 Å². The predicted octanol–water partition coefficient (Wildman–Crippen LogP) is 1.71. The van der Waals surface area contributed by atoms with Gasteiger partial charge >= 0.3 is 11.9 Å². The van der Waals surface area contributed by atoms with Crippen LogP contribution < -0.4 is 16.6 Å². The van der Waals surface area contributed by atoms with E-state index in [1.54, 1.807) is 13.0 Å². The van der Waals surface area contributed by atoms with Crippen molar-refractivity contribution in [2.24, 2.45) is 7.05 Å². The van der Waals surface area contributed by atoms with Crippen LogP contribution in [-0.2, 0) is 24.6 Å². The summed E-state index contributed by atoms with van der Waals surface area (Å²) in [6.07, 6.45) is 0.971. The number of nitrogens with zero attached hydrogens (tertiary/aromatic N) is 9. The maximum atomic E-state index is 13.4. The molecule has 0 saturated heterocycles. The van der Waals surface area contributed by atoms with Crippen LogP contribution in [0.15, 0.2) is 51.3 Å². The molecule has 0 saturated carbocycles. The van der Waals surface area contributed by atoms with Crippen molar-refractivity contribution < 1.29 is 22.5 Å². The number of halogens is 3. The quantitative estimate of drug-likeness (QED) is 0.325. The summed E-state index contributed by atoms with van der Waals surface area (Å²) >= 11 is 0. The van der Waals surface area contributed by atoms with E-state index < -0.39 is 35.2 Å². The topological polar surface area (TPSA) is 169 Å². The molecular weight excluding hydrogens is 537 g/mol. The van der Waals surface area contributed by atoms with E-state index in [9.17, 15) is 27.6 Å². The first kappa shape index (κ1) is 26.4. The van der Waals surface area contributed by atoms with E-state index in [0.29, 0.717) is 11.5 Å². The van der Waals surface area contributed by atoms with Crippen LogP contribution in [0.3, 0.4) is 0 Å². The average Bonchev–Trinajstić information content (AvgIpc) is 3.55. The Kier molecular flexibility index (Phi) is 6.48. The highest BCUT2D eigenvalue weighted by Crippen LogP contribution is 2.26. The maximum absolute atomic E-state index is 13.4. The Labute approximate surface area is 221 Å². The van der Waals surface area contributed by atoms with Gasteiger partial charge in [-0.3, -0.25) is 23.7 Å². The van der Waals surface area contributed by atoms with E-state index >= 15 is 0 Å². The highest BCUT2D eigenvalue weighted by atomic mass is 19.4. The van der Waals surface area contributed by atoms with Gasteiger partial charge in [0.15, 0.2) is 17.0 Å². The maximum Gasteiger partial charge on any atom is 0.451 e. The molecule has 0 radical (unpaired) electrons. The number of aromatic nitrogens is 9. The Morgan fingerprint density at radius 1 is 1.12 bits per heavy atom. The lowest BCUT2D eigenvalue weighted by Gasteiger charge is -2.15. The van der Waals surface area contributed by atoms with Crippen LogP contribution in [-0.4, -0.2) is 49.7 Å². The second-order valence-electron chi connectivity index (χ2n) is 8.73. The van der Waals surface area contributed by atoms with Crippen LogP contribution in [0, 0.1) is 6.92 Å². The van der Waals surface area contributed by atoms with E-state index in [1.165, 1.54) is 41.8 Å². The molecule has 0 aliphatic heterocycles. The van der Waals surface area contributed by atoms with Crippen molar-refractivity contribution in [2.45, 2.75) is 32.6 Å². The first-order valence-electron chi connectivity index (χ1n) is 11.5. The van der Waals surface area contributed by atoms with E-state index in [4.69, 9.17) is 4.52 Å². The molecule has 14 nitrogen and oxygen atoms in total. The third-order valence-electron chi connectivity index (χ3n) is 5.94. The second kappa shape index (κ2) is 9.83. The summed E-state index contributed by atoms with van der Waals surface area (Å²) in [7, 11) is 1.45. The molecule has 0 aliphatic carbocycles. The summed E-state index contributed by atoms with van der Waals surface area (Å²) < 4.78 is 46.8. The van der Waals surface area contributed by atoms with Crippen LogP contribution in [0.5, 0.6) is 0 Å². The third-order valence-corrected chi connectivity index (χ3v) is 5.94. The number of carbonyl (C=O) groups excluding carboxylic acids is 1. The number of carbonyl (C=O) groups is 1. The van der Waals surface area contributed by atoms with Crippen molar-refractivity contribution in [1.82, 2.24) is 43.8 Å². The molecule has 5 rings (SSSR count). The Morgan fingerprint density at radius 3 is 2.50 bits per heavy atom. The van der Waals surface area contributed by atoms with Gasteiger partial charge in [-0.15, -0.1) is 0 Å². The van der Waals surface area contributed by atoms with Crippen LogP contribution in [0.2, 0.25) is 0 Å². The highest BCUT2D eigenvalue weighted by Gasteiger charge is 2.34. The SMILES string of the molecule is Cc1cc(Cn2c(=O)c3c(ncn3C(C)C(=O)Nc3cncc(-c4cnc(C(F)(F)F)nc4)n3)n(C)c2=O)no1. The van der Waals surface area contributed by atoms with Gasteiger partial charge < -0.3 is 14.4 Å². The molecule has 1 atom stereocenters. The molecule has 17 heteroatoms. The Hall–Kier alpha value is -5.22. The van der Waals surface area contributed by atoms with Gasteiger partial charge in [-0.25, -0.2) is 24.7 Å². The zero-order valence-electron chi connectivity index (χ0n) is 21.0. The molecule has 0 spiro atoms. The number of nitrogens with one attached hydrogen (secondary N) is 1. The number of hydrogen-bond donors (Lipinski definition) is 1. The fourth-order valence-corrected chi connectivity index (χ4v) is 3.91. The van der Waals surface area contributed by atoms with Crippen molar-refractivity contribution in [2.75, 3.05) is 5.32 Å². The summed E-state index contributed by atoms with van der Waals surface area (Å²) in [6.45, 7) is 3.03. The zero-order valence-corrected chi connectivity index (χ0v) is 21.0. The van der Waals surface area contributed by atoms with Crippen molar-refractivity contribution >= 4 is 22.9 Å². The molecule has 5 aromatic heterocycles. The molecule has 0 aliphatic rings. The molecule has 5 aromatic rings.